The summed E-state index contributed by atoms with van der Waals surface area (Å²) in [6.07, 6.45) is 2.57. The fourth-order valence-corrected chi connectivity index (χ4v) is 2.75. The van der Waals surface area contributed by atoms with Crippen molar-refractivity contribution < 1.29 is 4.74 Å². The Morgan fingerprint density at radius 2 is 2.10 bits per heavy atom. The molecule has 0 unspecified atom stereocenters. The Kier molecular flexibility index (Phi) is 3.88. The molecule has 0 fully saturated rings. The second kappa shape index (κ2) is 5.97. The molecule has 0 aliphatic heterocycles. The number of ether oxygens (including phenoxy) is 1. The van der Waals surface area contributed by atoms with Crippen molar-refractivity contribution in [1.82, 2.24) is 4.98 Å². The molecule has 2 heterocycles. The molecule has 106 valence electrons. The summed E-state index contributed by atoms with van der Waals surface area (Å²) in [6.45, 7) is 2.00. The molecular formula is C17H16N2OS. The number of hydrogen-bond acceptors (Lipinski definition) is 4. The van der Waals surface area contributed by atoms with Crippen molar-refractivity contribution in [1.29, 1.82) is 0 Å². The van der Waals surface area contributed by atoms with Crippen LogP contribution in [-0.4, -0.2) is 4.98 Å². The Balaban J connectivity index is 1.90. The molecule has 2 aromatic heterocycles. The van der Waals surface area contributed by atoms with Gasteiger partial charge in [-0.2, -0.15) is 0 Å². The lowest BCUT2D eigenvalue weighted by Gasteiger charge is -2.12. The van der Waals surface area contributed by atoms with Crippen LogP contribution in [0.5, 0.6) is 10.8 Å². The molecule has 0 amide bonds. The van der Waals surface area contributed by atoms with Gasteiger partial charge in [0.25, 0.3) is 0 Å². The van der Waals surface area contributed by atoms with Crippen molar-refractivity contribution in [3.8, 4) is 10.8 Å². The van der Waals surface area contributed by atoms with E-state index >= 15 is 0 Å². The average molecular weight is 296 g/mol. The number of aryl methyl sites for hydroxylation is 1. The molecule has 2 N–H and O–H groups in total. The zero-order chi connectivity index (χ0) is 14.7. The lowest BCUT2D eigenvalue weighted by molar-refractivity contribution is 0.498. The van der Waals surface area contributed by atoms with E-state index in [-0.39, 0.29) is 0 Å². The summed E-state index contributed by atoms with van der Waals surface area (Å²) in [6, 6.07) is 13.9. The van der Waals surface area contributed by atoms with Gasteiger partial charge < -0.3 is 10.5 Å². The molecule has 0 saturated carbocycles. The van der Waals surface area contributed by atoms with Crippen molar-refractivity contribution >= 4 is 17.0 Å². The number of nitrogens with two attached hydrogens (primary N) is 1. The first-order valence-electron chi connectivity index (χ1n) is 6.72. The molecule has 0 aliphatic rings. The van der Waals surface area contributed by atoms with E-state index in [2.05, 4.69) is 11.1 Å². The maximum Gasteiger partial charge on any atom is 0.181 e. The lowest BCUT2D eigenvalue weighted by atomic mass is 10.0. The maximum absolute atomic E-state index is 6.13. The number of nitrogen functional groups attached to an aromatic ring is 1. The second-order valence-electron chi connectivity index (χ2n) is 4.86. The van der Waals surface area contributed by atoms with Crippen LogP contribution in [0.25, 0.3) is 0 Å². The Bertz CT molecular complexity index is 724. The van der Waals surface area contributed by atoms with E-state index in [0.29, 0.717) is 11.4 Å². The van der Waals surface area contributed by atoms with Crippen LogP contribution in [-0.2, 0) is 6.42 Å². The molecule has 21 heavy (non-hydrogen) atoms. The van der Waals surface area contributed by atoms with Crippen LogP contribution in [0.2, 0.25) is 0 Å². The SMILES string of the molecule is Cc1cc(Cc2ccccn2)cc(Oc2cccs2)c1N. The van der Waals surface area contributed by atoms with Gasteiger partial charge in [-0.3, -0.25) is 4.98 Å². The fourth-order valence-electron chi connectivity index (χ4n) is 2.17. The minimum atomic E-state index is 0.688. The van der Waals surface area contributed by atoms with Gasteiger partial charge in [-0.1, -0.05) is 12.1 Å². The van der Waals surface area contributed by atoms with Crippen LogP contribution >= 0.6 is 11.3 Å². The normalized spacial score (nSPS) is 10.5. The molecule has 0 atom stereocenters. The summed E-state index contributed by atoms with van der Waals surface area (Å²) in [5, 5.41) is 2.83. The van der Waals surface area contributed by atoms with Crippen molar-refractivity contribution in [2.75, 3.05) is 5.73 Å². The average Bonchev–Trinajstić information content (AvgIpc) is 2.98. The first kappa shape index (κ1) is 13.6. The number of rotatable bonds is 4. The first-order valence-corrected chi connectivity index (χ1v) is 7.60. The van der Waals surface area contributed by atoms with Gasteiger partial charge in [0.05, 0.1) is 5.69 Å². The van der Waals surface area contributed by atoms with E-state index < -0.39 is 0 Å². The van der Waals surface area contributed by atoms with Crippen LogP contribution in [0.15, 0.2) is 54.0 Å². The predicted octanol–water partition coefficient (Wildman–Crippen LogP) is 4.42. The smallest absolute Gasteiger partial charge is 0.181 e. The lowest BCUT2D eigenvalue weighted by Crippen LogP contribution is -1.98. The highest BCUT2D eigenvalue weighted by Crippen LogP contribution is 2.33. The molecule has 0 aliphatic carbocycles. The van der Waals surface area contributed by atoms with E-state index in [1.54, 1.807) is 11.3 Å². The monoisotopic (exact) mass is 296 g/mol. The fraction of sp³-hybridized carbons (Fsp3) is 0.118. The van der Waals surface area contributed by atoms with Gasteiger partial charge in [-0.05, 0) is 53.8 Å². The molecule has 0 saturated heterocycles. The number of anilines is 1. The van der Waals surface area contributed by atoms with Gasteiger partial charge in [0.15, 0.2) is 10.8 Å². The second-order valence-corrected chi connectivity index (χ2v) is 5.77. The van der Waals surface area contributed by atoms with E-state index in [9.17, 15) is 0 Å². The Hall–Kier alpha value is -2.33. The number of benzene rings is 1. The van der Waals surface area contributed by atoms with Crippen molar-refractivity contribution in [3.05, 3.63) is 70.9 Å². The predicted molar refractivity (Wildman–Crippen MR) is 87.0 cm³/mol. The van der Waals surface area contributed by atoms with Gasteiger partial charge >= 0.3 is 0 Å². The molecule has 1 aromatic carbocycles. The van der Waals surface area contributed by atoms with E-state index in [1.807, 2.05) is 54.9 Å². The van der Waals surface area contributed by atoms with Gasteiger partial charge in [0, 0.05) is 18.3 Å². The molecule has 4 heteroatoms. The number of thiophene rings is 1. The third-order valence-corrected chi connectivity index (χ3v) is 3.97. The van der Waals surface area contributed by atoms with Gasteiger partial charge in [0.1, 0.15) is 0 Å². The number of nitrogens with zero attached hydrogens (tertiary/aromatic N) is 1. The van der Waals surface area contributed by atoms with Gasteiger partial charge in [-0.25, -0.2) is 0 Å². The third-order valence-electron chi connectivity index (χ3n) is 3.23. The van der Waals surface area contributed by atoms with Gasteiger partial charge in [-0.15, -0.1) is 11.3 Å². The largest absolute Gasteiger partial charge is 0.445 e. The summed E-state index contributed by atoms with van der Waals surface area (Å²) < 4.78 is 5.88. The Labute approximate surface area is 128 Å². The Morgan fingerprint density at radius 3 is 2.81 bits per heavy atom. The summed E-state index contributed by atoms with van der Waals surface area (Å²) in [7, 11) is 0. The van der Waals surface area contributed by atoms with Crippen LogP contribution in [0, 0.1) is 6.92 Å². The minimum absolute atomic E-state index is 0.688. The zero-order valence-electron chi connectivity index (χ0n) is 11.7. The number of hydrogen-bond donors (Lipinski definition) is 1. The van der Waals surface area contributed by atoms with Crippen molar-refractivity contribution in [2.45, 2.75) is 13.3 Å². The highest BCUT2D eigenvalue weighted by molar-refractivity contribution is 7.11. The van der Waals surface area contributed by atoms with Crippen molar-refractivity contribution in [3.63, 3.8) is 0 Å². The van der Waals surface area contributed by atoms with E-state index in [4.69, 9.17) is 10.5 Å². The quantitative estimate of drug-likeness (QED) is 0.725. The van der Waals surface area contributed by atoms with Crippen LogP contribution in [0.4, 0.5) is 5.69 Å². The molecule has 3 rings (SSSR count). The molecule has 0 radical (unpaired) electrons. The maximum atomic E-state index is 6.13. The molecule has 3 nitrogen and oxygen atoms in total. The summed E-state index contributed by atoms with van der Waals surface area (Å²) >= 11 is 1.55. The van der Waals surface area contributed by atoms with Crippen LogP contribution < -0.4 is 10.5 Å². The van der Waals surface area contributed by atoms with Crippen LogP contribution in [0.3, 0.4) is 0 Å². The molecule has 0 bridgehead atoms. The number of aromatic nitrogens is 1. The standard InChI is InChI=1S/C17H16N2OS/c1-12-9-13(10-14-5-2-3-7-19-14)11-15(17(12)18)20-16-6-4-8-21-16/h2-9,11H,10,18H2,1H3. The van der Waals surface area contributed by atoms with Crippen LogP contribution in [0.1, 0.15) is 16.8 Å². The Morgan fingerprint density at radius 1 is 1.19 bits per heavy atom. The van der Waals surface area contributed by atoms with Crippen molar-refractivity contribution in [2.24, 2.45) is 0 Å². The highest BCUT2D eigenvalue weighted by atomic mass is 32.1. The van der Waals surface area contributed by atoms with Gasteiger partial charge in [0.2, 0.25) is 0 Å². The molecule has 3 aromatic rings. The highest BCUT2D eigenvalue weighted by Gasteiger charge is 2.09. The van der Waals surface area contributed by atoms with E-state index in [1.165, 1.54) is 0 Å². The summed E-state index contributed by atoms with van der Waals surface area (Å²) in [5.41, 5.74) is 10.0. The van der Waals surface area contributed by atoms with E-state index in [0.717, 1.165) is 28.3 Å². The topological polar surface area (TPSA) is 48.1 Å². The molecule has 0 spiro atoms. The minimum Gasteiger partial charge on any atom is -0.445 e. The summed E-state index contributed by atoms with van der Waals surface area (Å²) in [5.74, 6) is 0.711. The zero-order valence-corrected chi connectivity index (χ0v) is 12.6. The summed E-state index contributed by atoms with van der Waals surface area (Å²) in [4.78, 5) is 4.36. The third kappa shape index (κ3) is 3.23. The number of pyridine rings is 1. The molecular weight excluding hydrogens is 280 g/mol. The first-order chi connectivity index (χ1) is 10.2.